The van der Waals surface area contributed by atoms with Gasteiger partial charge in [-0.25, -0.2) is 4.39 Å². The van der Waals surface area contributed by atoms with E-state index < -0.39 is 11.7 Å². The Hall–Kier alpha value is -4.17. The summed E-state index contributed by atoms with van der Waals surface area (Å²) in [6.07, 6.45) is 3.57. The summed E-state index contributed by atoms with van der Waals surface area (Å²) in [6.45, 7) is 0.602. The number of carbonyl (C=O) groups is 2. The normalized spacial score (nSPS) is 10.6. The second-order valence-electron chi connectivity index (χ2n) is 7.35. The highest BCUT2D eigenvalue weighted by Gasteiger charge is 2.16. The fraction of sp³-hybridized carbons (Fsp3) is 0.0800. The number of halogens is 2. The standard InChI is InChI=1S/C25H20ClFN4O3/c1-34-23-10-8-19(14-22(23)30-25(33)20-9-7-18(26)13-21(20)27)29-24(32)17-5-3-16(4-6-17)15-31-12-2-11-28-31/h2-14H,15H2,1H3,(H,29,32)(H,30,33). The SMILES string of the molecule is COc1ccc(NC(=O)c2ccc(Cn3cccn3)cc2)cc1NC(=O)c1ccc(Cl)cc1F. The van der Waals surface area contributed by atoms with E-state index in [9.17, 15) is 14.0 Å². The van der Waals surface area contributed by atoms with Crippen LogP contribution in [0.3, 0.4) is 0 Å². The third-order valence-corrected chi connectivity index (χ3v) is 5.24. The van der Waals surface area contributed by atoms with E-state index in [1.54, 1.807) is 35.1 Å². The van der Waals surface area contributed by atoms with E-state index in [1.165, 1.54) is 25.3 Å². The molecule has 0 bridgehead atoms. The van der Waals surface area contributed by atoms with Gasteiger partial charge in [0.1, 0.15) is 11.6 Å². The number of nitrogens with zero attached hydrogens (tertiary/aromatic N) is 2. The second kappa shape index (κ2) is 10.2. The zero-order valence-electron chi connectivity index (χ0n) is 18.1. The largest absolute Gasteiger partial charge is 0.495 e. The quantitative estimate of drug-likeness (QED) is 0.380. The summed E-state index contributed by atoms with van der Waals surface area (Å²) in [4.78, 5) is 25.3. The Kier molecular flexibility index (Phi) is 6.89. The molecule has 2 amide bonds. The topological polar surface area (TPSA) is 85.2 Å². The summed E-state index contributed by atoms with van der Waals surface area (Å²) in [6, 6.07) is 17.6. The Morgan fingerprint density at radius 3 is 2.50 bits per heavy atom. The van der Waals surface area contributed by atoms with Crippen LogP contribution in [0.5, 0.6) is 5.75 Å². The van der Waals surface area contributed by atoms with Crippen molar-refractivity contribution >= 4 is 34.8 Å². The van der Waals surface area contributed by atoms with E-state index in [4.69, 9.17) is 16.3 Å². The maximum atomic E-state index is 14.1. The Labute approximate surface area is 200 Å². The van der Waals surface area contributed by atoms with Gasteiger partial charge in [0, 0.05) is 28.7 Å². The van der Waals surface area contributed by atoms with Gasteiger partial charge in [-0.05, 0) is 60.2 Å². The van der Waals surface area contributed by atoms with E-state index in [1.807, 2.05) is 24.4 Å². The molecule has 34 heavy (non-hydrogen) atoms. The third-order valence-electron chi connectivity index (χ3n) is 5.00. The number of amides is 2. The van der Waals surface area contributed by atoms with Gasteiger partial charge >= 0.3 is 0 Å². The highest BCUT2D eigenvalue weighted by molar-refractivity contribution is 6.30. The van der Waals surface area contributed by atoms with Crippen LogP contribution in [-0.2, 0) is 6.54 Å². The van der Waals surface area contributed by atoms with Gasteiger partial charge in [-0.15, -0.1) is 0 Å². The molecule has 0 saturated heterocycles. The van der Waals surface area contributed by atoms with Crippen LogP contribution in [0.1, 0.15) is 26.3 Å². The van der Waals surface area contributed by atoms with Gasteiger partial charge in [0.05, 0.1) is 24.9 Å². The molecule has 0 fully saturated rings. The maximum Gasteiger partial charge on any atom is 0.258 e. The highest BCUT2D eigenvalue weighted by Crippen LogP contribution is 2.29. The summed E-state index contributed by atoms with van der Waals surface area (Å²) < 4.78 is 21.2. The Morgan fingerprint density at radius 2 is 1.82 bits per heavy atom. The number of carbonyl (C=O) groups excluding carboxylic acids is 2. The molecule has 2 N–H and O–H groups in total. The molecule has 0 unspecified atom stereocenters. The lowest BCUT2D eigenvalue weighted by Crippen LogP contribution is -2.16. The van der Waals surface area contributed by atoms with Gasteiger partial charge in [0.25, 0.3) is 11.8 Å². The number of methoxy groups -OCH3 is 1. The van der Waals surface area contributed by atoms with E-state index in [0.29, 0.717) is 23.5 Å². The summed E-state index contributed by atoms with van der Waals surface area (Å²) >= 11 is 5.75. The Morgan fingerprint density at radius 1 is 1.03 bits per heavy atom. The molecule has 172 valence electrons. The molecule has 1 aromatic heterocycles. The zero-order chi connectivity index (χ0) is 24.1. The fourth-order valence-corrected chi connectivity index (χ4v) is 3.45. The predicted molar refractivity (Wildman–Crippen MR) is 128 cm³/mol. The number of benzene rings is 3. The number of aromatic nitrogens is 2. The molecule has 0 saturated carbocycles. The number of hydrogen-bond acceptors (Lipinski definition) is 4. The van der Waals surface area contributed by atoms with Crippen LogP contribution in [0.15, 0.2) is 79.1 Å². The summed E-state index contributed by atoms with van der Waals surface area (Å²) in [5, 5.41) is 9.76. The minimum Gasteiger partial charge on any atom is -0.495 e. The maximum absolute atomic E-state index is 14.1. The number of rotatable bonds is 7. The molecule has 0 aliphatic rings. The van der Waals surface area contributed by atoms with Crippen molar-refractivity contribution in [1.82, 2.24) is 9.78 Å². The molecule has 1 heterocycles. The van der Waals surface area contributed by atoms with Gasteiger partial charge in [-0.2, -0.15) is 5.10 Å². The van der Waals surface area contributed by atoms with Gasteiger partial charge in [0.15, 0.2) is 0 Å². The van der Waals surface area contributed by atoms with Crippen LogP contribution in [0.4, 0.5) is 15.8 Å². The molecular formula is C25H20ClFN4O3. The van der Waals surface area contributed by atoms with Crippen LogP contribution < -0.4 is 15.4 Å². The van der Waals surface area contributed by atoms with Crippen LogP contribution >= 0.6 is 11.6 Å². The fourth-order valence-electron chi connectivity index (χ4n) is 3.29. The molecule has 0 aliphatic heterocycles. The molecule has 0 spiro atoms. The van der Waals surface area contributed by atoms with Crippen molar-refractivity contribution in [3.05, 3.63) is 107 Å². The average molecular weight is 479 g/mol. The molecule has 7 nitrogen and oxygen atoms in total. The van der Waals surface area contributed by atoms with E-state index in [-0.39, 0.29) is 22.2 Å². The molecule has 0 radical (unpaired) electrons. The van der Waals surface area contributed by atoms with Crippen molar-refractivity contribution < 1.29 is 18.7 Å². The van der Waals surface area contributed by atoms with Crippen molar-refractivity contribution in [1.29, 1.82) is 0 Å². The number of nitrogens with one attached hydrogen (secondary N) is 2. The zero-order valence-corrected chi connectivity index (χ0v) is 18.8. The van der Waals surface area contributed by atoms with Crippen molar-refractivity contribution in [2.45, 2.75) is 6.54 Å². The van der Waals surface area contributed by atoms with Crippen molar-refractivity contribution in [3.63, 3.8) is 0 Å². The molecule has 4 rings (SSSR count). The summed E-state index contributed by atoms with van der Waals surface area (Å²) in [5.74, 6) is -1.39. The average Bonchev–Trinajstić information content (AvgIpc) is 3.32. The lowest BCUT2D eigenvalue weighted by molar-refractivity contribution is 0.101. The summed E-state index contributed by atoms with van der Waals surface area (Å²) in [5.41, 5.74) is 2.00. The Bertz CT molecular complexity index is 1320. The van der Waals surface area contributed by atoms with Crippen LogP contribution in [-0.4, -0.2) is 28.7 Å². The second-order valence-corrected chi connectivity index (χ2v) is 7.78. The molecular weight excluding hydrogens is 459 g/mol. The monoisotopic (exact) mass is 478 g/mol. The minimum absolute atomic E-state index is 0.170. The van der Waals surface area contributed by atoms with E-state index in [2.05, 4.69) is 15.7 Å². The van der Waals surface area contributed by atoms with Crippen LogP contribution in [0, 0.1) is 5.82 Å². The number of anilines is 2. The summed E-state index contributed by atoms with van der Waals surface area (Å²) in [7, 11) is 1.44. The first kappa shape index (κ1) is 23.0. The number of hydrogen-bond donors (Lipinski definition) is 2. The van der Waals surface area contributed by atoms with Crippen LogP contribution in [0.2, 0.25) is 5.02 Å². The van der Waals surface area contributed by atoms with E-state index >= 15 is 0 Å². The smallest absolute Gasteiger partial charge is 0.258 e. The van der Waals surface area contributed by atoms with Crippen LogP contribution in [0.25, 0.3) is 0 Å². The molecule has 0 atom stereocenters. The lowest BCUT2D eigenvalue weighted by Gasteiger charge is -2.13. The Balaban J connectivity index is 1.47. The number of ether oxygens (including phenoxy) is 1. The van der Waals surface area contributed by atoms with Gasteiger partial charge in [-0.1, -0.05) is 23.7 Å². The van der Waals surface area contributed by atoms with Gasteiger partial charge in [0.2, 0.25) is 0 Å². The highest BCUT2D eigenvalue weighted by atomic mass is 35.5. The van der Waals surface area contributed by atoms with Crippen molar-refractivity contribution in [3.8, 4) is 5.75 Å². The third kappa shape index (κ3) is 5.41. The van der Waals surface area contributed by atoms with Crippen molar-refractivity contribution in [2.24, 2.45) is 0 Å². The van der Waals surface area contributed by atoms with E-state index in [0.717, 1.165) is 11.6 Å². The predicted octanol–water partition coefficient (Wildman–Crippen LogP) is 5.24. The first-order chi connectivity index (χ1) is 16.4. The first-order valence-electron chi connectivity index (χ1n) is 10.2. The molecule has 9 heteroatoms. The van der Waals surface area contributed by atoms with Crippen molar-refractivity contribution in [2.75, 3.05) is 17.7 Å². The molecule has 3 aromatic carbocycles. The molecule has 4 aromatic rings. The minimum atomic E-state index is -0.746. The first-order valence-corrected chi connectivity index (χ1v) is 10.6. The lowest BCUT2D eigenvalue weighted by atomic mass is 10.1. The van der Waals surface area contributed by atoms with Gasteiger partial charge < -0.3 is 15.4 Å². The molecule has 0 aliphatic carbocycles. The van der Waals surface area contributed by atoms with Gasteiger partial charge in [-0.3, -0.25) is 14.3 Å².